The average molecular weight is 187 g/mol. The zero-order chi connectivity index (χ0) is 9.52. The minimum atomic E-state index is 0.0803. The Morgan fingerprint density at radius 3 is 2.77 bits per heavy atom. The van der Waals surface area contributed by atoms with E-state index in [0.29, 0.717) is 32.9 Å². The van der Waals surface area contributed by atoms with Gasteiger partial charge in [-0.15, -0.1) is 0 Å². The van der Waals surface area contributed by atoms with Gasteiger partial charge in [-0.25, -0.2) is 0 Å². The Labute approximate surface area is 78.8 Å². The van der Waals surface area contributed by atoms with Crippen molar-refractivity contribution in [3.8, 4) is 0 Å². The molecule has 0 aliphatic carbocycles. The van der Waals surface area contributed by atoms with E-state index in [2.05, 4.69) is 0 Å². The van der Waals surface area contributed by atoms with E-state index < -0.39 is 0 Å². The van der Waals surface area contributed by atoms with Gasteiger partial charge in [0.25, 0.3) is 0 Å². The fraction of sp³-hybridized carbons (Fsp3) is 0.889. The summed E-state index contributed by atoms with van der Waals surface area (Å²) >= 11 is 0. The van der Waals surface area contributed by atoms with Crippen molar-refractivity contribution < 1.29 is 14.3 Å². The third kappa shape index (κ3) is 3.74. The molecular weight excluding hydrogens is 170 g/mol. The lowest BCUT2D eigenvalue weighted by Gasteiger charge is -2.26. The highest BCUT2D eigenvalue weighted by atomic mass is 16.5. The standard InChI is InChI=1S/C9H17NO3/c1-2-5-13-8-9(11)10-3-6-12-7-4-10/h2-8H2,1H3. The van der Waals surface area contributed by atoms with Crippen LogP contribution in [0.15, 0.2) is 0 Å². The van der Waals surface area contributed by atoms with Crippen molar-refractivity contribution in [2.45, 2.75) is 13.3 Å². The first kappa shape index (κ1) is 10.5. The maximum atomic E-state index is 11.4. The van der Waals surface area contributed by atoms with E-state index in [0.717, 1.165) is 6.42 Å². The molecule has 0 bridgehead atoms. The summed E-state index contributed by atoms with van der Waals surface area (Å²) in [5, 5.41) is 0. The Morgan fingerprint density at radius 1 is 1.46 bits per heavy atom. The average Bonchev–Trinajstić information content (AvgIpc) is 2.19. The number of nitrogens with zero attached hydrogens (tertiary/aromatic N) is 1. The van der Waals surface area contributed by atoms with Crippen molar-refractivity contribution in [1.29, 1.82) is 0 Å². The molecule has 1 saturated heterocycles. The Kier molecular flexibility index (Phi) is 4.78. The molecule has 0 aromatic heterocycles. The number of hydrogen-bond donors (Lipinski definition) is 0. The molecule has 1 aliphatic heterocycles. The molecule has 1 heterocycles. The second-order valence-electron chi connectivity index (χ2n) is 3.05. The first-order valence-electron chi connectivity index (χ1n) is 4.78. The molecule has 0 spiro atoms. The van der Waals surface area contributed by atoms with Crippen LogP contribution < -0.4 is 0 Å². The fourth-order valence-electron chi connectivity index (χ4n) is 1.21. The lowest BCUT2D eigenvalue weighted by atomic mass is 10.4. The lowest BCUT2D eigenvalue weighted by molar-refractivity contribution is -0.140. The summed E-state index contributed by atoms with van der Waals surface area (Å²) in [7, 11) is 0. The van der Waals surface area contributed by atoms with Gasteiger partial charge < -0.3 is 14.4 Å². The van der Waals surface area contributed by atoms with E-state index in [1.54, 1.807) is 4.90 Å². The van der Waals surface area contributed by atoms with E-state index in [9.17, 15) is 4.79 Å². The maximum Gasteiger partial charge on any atom is 0.248 e. The van der Waals surface area contributed by atoms with Gasteiger partial charge in [0.2, 0.25) is 5.91 Å². The number of hydrogen-bond acceptors (Lipinski definition) is 3. The summed E-state index contributed by atoms with van der Waals surface area (Å²) in [5.41, 5.74) is 0. The van der Waals surface area contributed by atoms with E-state index >= 15 is 0 Å². The van der Waals surface area contributed by atoms with Gasteiger partial charge in [0.05, 0.1) is 13.2 Å². The molecule has 76 valence electrons. The van der Waals surface area contributed by atoms with E-state index in [-0.39, 0.29) is 12.5 Å². The van der Waals surface area contributed by atoms with Gasteiger partial charge >= 0.3 is 0 Å². The fourth-order valence-corrected chi connectivity index (χ4v) is 1.21. The second-order valence-corrected chi connectivity index (χ2v) is 3.05. The number of morpholine rings is 1. The first-order chi connectivity index (χ1) is 6.34. The second kappa shape index (κ2) is 5.94. The summed E-state index contributed by atoms with van der Waals surface area (Å²) in [4.78, 5) is 13.2. The SMILES string of the molecule is CCCOCC(=O)N1CCOCC1. The molecule has 0 aromatic rings. The number of carbonyl (C=O) groups excluding carboxylic acids is 1. The topological polar surface area (TPSA) is 38.8 Å². The quantitative estimate of drug-likeness (QED) is 0.593. The number of amides is 1. The molecule has 0 N–H and O–H groups in total. The summed E-state index contributed by atoms with van der Waals surface area (Å²) in [5.74, 6) is 0.0803. The van der Waals surface area contributed by atoms with Crippen LogP contribution in [0.1, 0.15) is 13.3 Å². The van der Waals surface area contributed by atoms with Crippen LogP contribution in [0, 0.1) is 0 Å². The van der Waals surface area contributed by atoms with Gasteiger partial charge in [-0.3, -0.25) is 4.79 Å². The van der Waals surface area contributed by atoms with Crippen molar-refractivity contribution in [1.82, 2.24) is 4.90 Å². The number of carbonyl (C=O) groups is 1. The Bertz CT molecular complexity index is 155. The maximum absolute atomic E-state index is 11.4. The van der Waals surface area contributed by atoms with Gasteiger partial charge in [-0.05, 0) is 6.42 Å². The predicted octanol–water partition coefficient (Wildman–Crippen LogP) is 0.272. The van der Waals surface area contributed by atoms with Crippen molar-refractivity contribution in [2.24, 2.45) is 0 Å². The van der Waals surface area contributed by atoms with Crippen molar-refractivity contribution in [3.05, 3.63) is 0 Å². The molecule has 0 atom stereocenters. The first-order valence-corrected chi connectivity index (χ1v) is 4.78. The van der Waals surface area contributed by atoms with E-state index in [1.165, 1.54) is 0 Å². The summed E-state index contributed by atoms with van der Waals surface area (Å²) in [6.45, 7) is 5.62. The smallest absolute Gasteiger partial charge is 0.248 e. The van der Waals surface area contributed by atoms with Gasteiger partial charge in [-0.1, -0.05) is 6.92 Å². The minimum absolute atomic E-state index is 0.0803. The Balaban J connectivity index is 2.13. The molecule has 0 aromatic carbocycles. The third-order valence-electron chi connectivity index (χ3n) is 1.94. The van der Waals surface area contributed by atoms with Crippen LogP contribution >= 0.6 is 0 Å². The van der Waals surface area contributed by atoms with Crippen LogP contribution in [0.25, 0.3) is 0 Å². The van der Waals surface area contributed by atoms with E-state index in [1.807, 2.05) is 6.92 Å². The molecule has 0 radical (unpaired) electrons. The Hall–Kier alpha value is -0.610. The van der Waals surface area contributed by atoms with Crippen LogP contribution in [0.5, 0.6) is 0 Å². The highest BCUT2D eigenvalue weighted by Gasteiger charge is 2.15. The summed E-state index contributed by atoms with van der Waals surface area (Å²) in [6, 6.07) is 0. The molecule has 1 aliphatic rings. The van der Waals surface area contributed by atoms with Crippen molar-refractivity contribution in [2.75, 3.05) is 39.5 Å². The van der Waals surface area contributed by atoms with Gasteiger partial charge in [0.1, 0.15) is 6.61 Å². The normalized spacial score (nSPS) is 17.5. The Morgan fingerprint density at radius 2 is 2.15 bits per heavy atom. The molecule has 0 saturated carbocycles. The van der Waals surface area contributed by atoms with Crippen molar-refractivity contribution in [3.63, 3.8) is 0 Å². The molecule has 1 amide bonds. The third-order valence-corrected chi connectivity index (χ3v) is 1.94. The predicted molar refractivity (Wildman–Crippen MR) is 48.5 cm³/mol. The molecular formula is C9H17NO3. The largest absolute Gasteiger partial charge is 0.378 e. The molecule has 1 fully saturated rings. The molecule has 13 heavy (non-hydrogen) atoms. The van der Waals surface area contributed by atoms with Gasteiger partial charge in [-0.2, -0.15) is 0 Å². The van der Waals surface area contributed by atoms with Crippen LogP contribution in [0.3, 0.4) is 0 Å². The van der Waals surface area contributed by atoms with Crippen molar-refractivity contribution >= 4 is 5.91 Å². The number of rotatable bonds is 4. The van der Waals surface area contributed by atoms with Gasteiger partial charge in [0.15, 0.2) is 0 Å². The molecule has 1 rings (SSSR count). The van der Waals surface area contributed by atoms with E-state index in [4.69, 9.17) is 9.47 Å². The molecule has 4 nitrogen and oxygen atoms in total. The molecule has 4 heteroatoms. The minimum Gasteiger partial charge on any atom is -0.378 e. The van der Waals surface area contributed by atoms with Gasteiger partial charge in [0, 0.05) is 19.7 Å². The monoisotopic (exact) mass is 187 g/mol. The highest BCUT2D eigenvalue weighted by Crippen LogP contribution is 1.97. The molecule has 0 unspecified atom stereocenters. The van der Waals surface area contributed by atoms with Crippen LogP contribution in [0.4, 0.5) is 0 Å². The lowest BCUT2D eigenvalue weighted by Crippen LogP contribution is -2.42. The van der Waals surface area contributed by atoms with Crippen LogP contribution in [-0.4, -0.2) is 50.3 Å². The summed E-state index contributed by atoms with van der Waals surface area (Å²) in [6.07, 6.45) is 0.955. The zero-order valence-corrected chi connectivity index (χ0v) is 8.12. The highest BCUT2D eigenvalue weighted by molar-refractivity contribution is 5.77. The van der Waals surface area contributed by atoms with Crippen LogP contribution in [0.2, 0.25) is 0 Å². The zero-order valence-electron chi connectivity index (χ0n) is 8.12. The number of ether oxygens (including phenoxy) is 2. The van der Waals surface area contributed by atoms with Crippen LogP contribution in [-0.2, 0) is 14.3 Å². The summed E-state index contributed by atoms with van der Waals surface area (Å²) < 4.78 is 10.3.